The van der Waals surface area contributed by atoms with Gasteiger partial charge in [-0.2, -0.15) is 0 Å². The summed E-state index contributed by atoms with van der Waals surface area (Å²) < 4.78 is 14.2. The maximum absolute atomic E-state index is 9.29. The summed E-state index contributed by atoms with van der Waals surface area (Å²) in [6, 6.07) is 0. The van der Waals surface area contributed by atoms with E-state index in [4.69, 9.17) is 4.43 Å². The lowest BCUT2D eigenvalue weighted by atomic mass is 10.5. The second kappa shape index (κ2) is 5.45. The van der Waals surface area contributed by atoms with E-state index in [1.807, 2.05) is 0 Å². The highest BCUT2D eigenvalue weighted by molar-refractivity contribution is 6.51. The average Bonchev–Trinajstić information content (AvgIpc) is 2.05. The van der Waals surface area contributed by atoms with E-state index in [-0.39, 0.29) is 0 Å². The van der Waals surface area contributed by atoms with E-state index in [2.05, 4.69) is 15.4 Å². The molecule has 0 heterocycles. The zero-order valence-electron chi connectivity index (χ0n) is 6.87. The molecule has 0 aliphatic rings. The summed E-state index contributed by atoms with van der Waals surface area (Å²) in [5.41, 5.74) is 0. The molecule has 0 aromatic rings. The molecule has 0 atom stereocenters. The fourth-order valence-corrected chi connectivity index (χ4v) is 1.25. The van der Waals surface area contributed by atoms with Crippen LogP contribution in [-0.2, 0) is 13.3 Å². The Balaban J connectivity index is 3.59. The van der Waals surface area contributed by atoms with Crippen molar-refractivity contribution >= 4 is 9.05 Å². The quantitative estimate of drug-likeness (QED) is 0.361. The second-order valence-electron chi connectivity index (χ2n) is 1.86. The SMILES string of the molecule is C=CCCO[Si](O)(OC)OC. The van der Waals surface area contributed by atoms with E-state index in [1.54, 1.807) is 6.08 Å². The van der Waals surface area contributed by atoms with Crippen molar-refractivity contribution in [1.29, 1.82) is 0 Å². The van der Waals surface area contributed by atoms with Crippen LogP contribution in [-0.4, -0.2) is 34.7 Å². The van der Waals surface area contributed by atoms with Gasteiger partial charge in [0.1, 0.15) is 0 Å². The van der Waals surface area contributed by atoms with Gasteiger partial charge in [-0.1, -0.05) is 6.08 Å². The zero-order chi connectivity index (χ0) is 8.74. The third-order valence-electron chi connectivity index (χ3n) is 1.12. The van der Waals surface area contributed by atoms with Crippen LogP contribution < -0.4 is 0 Å². The first kappa shape index (κ1) is 10.8. The molecule has 0 aromatic heterocycles. The molecule has 5 heteroatoms. The van der Waals surface area contributed by atoms with Crippen LogP contribution >= 0.6 is 0 Å². The summed E-state index contributed by atoms with van der Waals surface area (Å²) in [6.45, 7) is 3.87. The maximum Gasteiger partial charge on any atom is 0.676 e. The first-order chi connectivity index (χ1) is 5.18. The highest BCUT2D eigenvalue weighted by Crippen LogP contribution is 2.02. The van der Waals surface area contributed by atoms with E-state index < -0.39 is 9.05 Å². The monoisotopic (exact) mass is 178 g/mol. The van der Waals surface area contributed by atoms with Gasteiger partial charge in [0.05, 0.1) is 0 Å². The Morgan fingerprint density at radius 1 is 1.45 bits per heavy atom. The van der Waals surface area contributed by atoms with Crippen molar-refractivity contribution in [1.82, 2.24) is 0 Å². The lowest BCUT2D eigenvalue weighted by molar-refractivity contribution is 0.0246. The van der Waals surface area contributed by atoms with Crippen LogP contribution in [0.4, 0.5) is 0 Å². The van der Waals surface area contributed by atoms with Crippen molar-refractivity contribution in [2.24, 2.45) is 0 Å². The highest BCUT2D eigenvalue weighted by atomic mass is 28.4. The van der Waals surface area contributed by atoms with Gasteiger partial charge in [0.2, 0.25) is 0 Å². The smallest absolute Gasteiger partial charge is 0.367 e. The molecule has 0 rings (SSSR count). The topological polar surface area (TPSA) is 47.9 Å². The first-order valence-electron chi connectivity index (χ1n) is 3.26. The van der Waals surface area contributed by atoms with Crippen LogP contribution in [0, 0.1) is 0 Å². The second-order valence-corrected chi connectivity index (χ2v) is 4.01. The van der Waals surface area contributed by atoms with Crippen molar-refractivity contribution in [3.05, 3.63) is 12.7 Å². The molecule has 0 fully saturated rings. The summed E-state index contributed by atoms with van der Waals surface area (Å²) in [6.07, 6.45) is 2.36. The Morgan fingerprint density at radius 2 is 2.00 bits per heavy atom. The van der Waals surface area contributed by atoms with Crippen molar-refractivity contribution < 1.29 is 18.1 Å². The Hall–Kier alpha value is -0.203. The van der Waals surface area contributed by atoms with Crippen molar-refractivity contribution in [2.45, 2.75) is 6.42 Å². The summed E-state index contributed by atoms with van der Waals surface area (Å²) in [5, 5.41) is 0. The van der Waals surface area contributed by atoms with Crippen LogP contribution in [0.1, 0.15) is 6.42 Å². The predicted octanol–water partition coefficient (Wildman–Crippen LogP) is 0.300. The van der Waals surface area contributed by atoms with Crippen molar-refractivity contribution in [3.8, 4) is 0 Å². The number of hydrogen-bond donors (Lipinski definition) is 1. The lowest BCUT2D eigenvalue weighted by Gasteiger charge is -2.17. The molecule has 0 aromatic carbocycles. The van der Waals surface area contributed by atoms with E-state index in [0.717, 1.165) is 0 Å². The largest absolute Gasteiger partial charge is 0.676 e. The molecule has 0 bridgehead atoms. The third kappa shape index (κ3) is 4.28. The maximum atomic E-state index is 9.29. The molecule has 0 amide bonds. The van der Waals surface area contributed by atoms with Crippen molar-refractivity contribution in [3.63, 3.8) is 0 Å². The van der Waals surface area contributed by atoms with Gasteiger partial charge in [0.25, 0.3) is 0 Å². The summed E-state index contributed by atoms with van der Waals surface area (Å²) in [5.74, 6) is 0. The van der Waals surface area contributed by atoms with E-state index in [9.17, 15) is 4.80 Å². The predicted molar refractivity (Wildman–Crippen MR) is 42.8 cm³/mol. The lowest BCUT2D eigenvalue weighted by Crippen LogP contribution is -2.44. The molecular formula is C6H14O4Si. The minimum Gasteiger partial charge on any atom is -0.367 e. The van der Waals surface area contributed by atoms with Crippen LogP contribution in [0.15, 0.2) is 12.7 Å². The molecule has 0 saturated heterocycles. The van der Waals surface area contributed by atoms with Crippen LogP contribution in [0.5, 0.6) is 0 Å². The standard InChI is InChI=1S/C6H14O4Si/c1-4-5-6-10-11(7,8-2)9-3/h4,7H,1,5-6H2,2-3H3. The molecular weight excluding hydrogens is 164 g/mol. The molecule has 0 radical (unpaired) electrons. The summed E-state index contributed by atoms with van der Waals surface area (Å²) in [7, 11) is -0.581. The van der Waals surface area contributed by atoms with Gasteiger partial charge in [0.15, 0.2) is 0 Å². The molecule has 0 aliphatic heterocycles. The summed E-state index contributed by atoms with van der Waals surface area (Å²) >= 11 is 0. The molecule has 0 saturated carbocycles. The van der Waals surface area contributed by atoms with Gasteiger partial charge in [0, 0.05) is 20.8 Å². The Kier molecular flexibility index (Phi) is 5.35. The van der Waals surface area contributed by atoms with Crippen LogP contribution in [0.2, 0.25) is 0 Å². The first-order valence-corrected chi connectivity index (χ1v) is 4.93. The molecule has 0 spiro atoms. The van der Waals surface area contributed by atoms with Gasteiger partial charge >= 0.3 is 9.05 Å². The van der Waals surface area contributed by atoms with Gasteiger partial charge in [-0.25, -0.2) is 0 Å². The molecule has 11 heavy (non-hydrogen) atoms. The number of rotatable bonds is 6. The average molecular weight is 178 g/mol. The third-order valence-corrected chi connectivity index (χ3v) is 2.72. The molecule has 0 aliphatic carbocycles. The van der Waals surface area contributed by atoms with E-state index in [1.165, 1.54) is 14.2 Å². The zero-order valence-corrected chi connectivity index (χ0v) is 7.87. The molecule has 66 valence electrons. The minimum atomic E-state index is -3.28. The van der Waals surface area contributed by atoms with Crippen LogP contribution in [0.3, 0.4) is 0 Å². The Morgan fingerprint density at radius 3 is 2.36 bits per heavy atom. The normalized spacial score (nSPS) is 11.5. The molecule has 1 N–H and O–H groups in total. The Bertz CT molecular complexity index is 113. The summed E-state index contributed by atoms with van der Waals surface area (Å²) in [4.78, 5) is 9.29. The van der Waals surface area contributed by atoms with E-state index in [0.29, 0.717) is 13.0 Å². The van der Waals surface area contributed by atoms with Gasteiger partial charge in [-0.15, -0.1) is 6.58 Å². The molecule has 0 unspecified atom stereocenters. The van der Waals surface area contributed by atoms with Gasteiger partial charge in [-0.05, 0) is 6.42 Å². The van der Waals surface area contributed by atoms with Crippen molar-refractivity contribution in [2.75, 3.05) is 20.8 Å². The highest BCUT2D eigenvalue weighted by Gasteiger charge is 2.38. The van der Waals surface area contributed by atoms with Gasteiger partial charge < -0.3 is 18.1 Å². The van der Waals surface area contributed by atoms with E-state index >= 15 is 0 Å². The Labute approximate surface area is 67.9 Å². The van der Waals surface area contributed by atoms with Gasteiger partial charge in [-0.3, -0.25) is 0 Å². The fourth-order valence-electron chi connectivity index (χ4n) is 0.472. The fraction of sp³-hybridized carbons (Fsp3) is 0.667. The molecule has 4 nitrogen and oxygen atoms in total. The number of hydrogen-bond acceptors (Lipinski definition) is 4. The minimum absolute atomic E-state index is 0.369. The van der Waals surface area contributed by atoms with Crippen LogP contribution in [0.25, 0.3) is 0 Å².